The molecule has 8 heteroatoms. The van der Waals surface area contributed by atoms with Crippen LogP contribution in [0.1, 0.15) is 17.7 Å². The van der Waals surface area contributed by atoms with Gasteiger partial charge in [0.15, 0.2) is 0 Å². The van der Waals surface area contributed by atoms with Gasteiger partial charge in [-0.05, 0) is 25.5 Å². The minimum absolute atomic E-state index is 0.152. The number of ether oxygens (including phenoxy) is 1. The first-order chi connectivity index (χ1) is 12.3. The first-order valence-corrected chi connectivity index (χ1v) is 9.93. The van der Waals surface area contributed by atoms with E-state index in [1.807, 2.05) is 0 Å². The van der Waals surface area contributed by atoms with E-state index in [0.717, 1.165) is 5.69 Å². The summed E-state index contributed by atoms with van der Waals surface area (Å²) >= 11 is 0. The summed E-state index contributed by atoms with van der Waals surface area (Å²) in [6.07, 6.45) is 0.182. The number of rotatable bonds is 5. The van der Waals surface area contributed by atoms with Crippen molar-refractivity contribution >= 4 is 10.0 Å². The normalized spacial score (nSPS) is 18.2. The Labute approximate surface area is 151 Å². The molecule has 1 aliphatic heterocycles. The van der Waals surface area contributed by atoms with Crippen molar-refractivity contribution in [1.82, 2.24) is 8.87 Å². The van der Waals surface area contributed by atoms with E-state index in [2.05, 4.69) is 0 Å². The number of hydrogen-bond donors (Lipinski definition) is 0. The number of aryl methyl sites for hydroxylation is 1. The summed E-state index contributed by atoms with van der Waals surface area (Å²) in [5.41, 5.74) is 0.732. The standard InChI is InChI=1S/C18H21FN2O4S/c1-13-9-16(10-18(22)20(13)2)25-15-7-8-21(11-15)26(23,24)12-14-5-3-4-6-17(14)19/h3-6,9-10,15H,7-8,11-12H2,1-2H3. The van der Waals surface area contributed by atoms with Crippen LogP contribution < -0.4 is 10.3 Å². The number of halogens is 1. The molecule has 0 amide bonds. The zero-order valence-corrected chi connectivity index (χ0v) is 15.5. The monoisotopic (exact) mass is 380 g/mol. The van der Waals surface area contributed by atoms with E-state index in [4.69, 9.17) is 4.74 Å². The summed E-state index contributed by atoms with van der Waals surface area (Å²) in [5, 5.41) is 0. The summed E-state index contributed by atoms with van der Waals surface area (Å²) in [7, 11) is -1.96. The predicted octanol–water partition coefficient (Wildman–Crippen LogP) is 1.82. The first-order valence-electron chi connectivity index (χ1n) is 8.32. The molecule has 1 aromatic carbocycles. The second-order valence-corrected chi connectivity index (χ2v) is 8.43. The molecule has 6 nitrogen and oxygen atoms in total. The van der Waals surface area contributed by atoms with Crippen molar-refractivity contribution in [2.45, 2.75) is 25.2 Å². The van der Waals surface area contributed by atoms with Gasteiger partial charge in [0.2, 0.25) is 10.0 Å². The molecule has 1 unspecified atom stereocenters. The summed E-state index contributed by atoms with van der Waals surface area (Å²) in [6, 6.07) is 9.00. The second kappa shape index (κ2) is 7.20. The van der Waals surface area contributed by atoms with Crippen LogP contribution in [0, 0.1) is 12.7 Å². The van der Waals surface area contributed by atoms with E-state index in [0.29, 0.717) is 18.7 Å². The minimum atomic E-state index is -3.64. The van der Waals surface area contributed by atoms with Gasteiger partial charge in [-0.15, -0.1) is 0 Å². The molecule has 2 aromatic rings. The Hall–Kier alpha value is -2.19. The summed E-state index contributed by atoms with van der Waals surface area (Å²) < 4.78 is 47.5. The van der Waals surface area contributed by atoms with Gasteiger partial charge in [-0.1, -0.05) is 18.2 Å². The lowest BCUT2D eigenvalue weighted by Crippen LogP contribution is -2.32. The van der Waals surface area contributed by atoms with Gasteiger partial charge in [-0.3, -0.25) is 4.79 Å². The molecule has 1 aliphatic rings. The number of benzene rings is 1. The smallest absolute Gasteiger partial charge is 0.254 e. The van der Waals surface area contributed by atoms with Crippen LogP contribution in [-0.2, 0) is 22.8 Å². The molecule has 1 saturated heterocycles. The van der Waals surface area contributed by atoms with Gasteiger partial charge in [-0.25, -0.2) is 12.8 Å². The van der Waals surface area contributed by atoms with Gasteiger partial charge in [0.1, 0.15) is 17.7 Å². The molecular formula is C18H21FN2O4S. The molecule has 26 heavy (non-hydrogen) atoms. The maximum Gasteiger partial charge on any atom is 0.254 e. The van der Waals surface area contributed by atoms with Crippen LogP contribution in [0.15, 0.2) is 41.2 Å². The number of aromatic nitrogens is 1. The zero-order chi connectivity index (χ0) is 18.9. The van der Waals surface area contributed by atoms with Gasteiger partial charge in [0.05, 0.1) is 12.3 Å². The average Bonchev–Trinajstić information content (AvgIpc) is 3.04. The van der Waals surface area contributed by atoms with E-state index < -0.39 is 15.8 Å². The van der Waals surface area contributed by atoms with Gasteiger partial charge in [0, 0.05) is 30.9 Å². The molecule has 2 heterocycles. The zero-order valence-electron chi connectivity index (χ0n) is 14.7. The van der Waals surface area contributed by atoms with Crippen molar-refractivity contribution in [2.75, 3.05) is 13.1 Å². The highest BCUT2D eigenvalue weighted by atomic mass is 32.2. The van der Waals surface area contributed by atoms with E-state index in [-0.39, 0.29) is 29.5 Å². The molecule has 1 aromatic heterocycles. The number of sulfonamides is 1. The fraction of sp³-hybridized carbons (Fsp3) is 0.389. The van der Waals surface area contributed by atoms with Crippen molar-refractivity contribution in [3.8, 4) is 5.75 Å². The van der Waals surface area contributed by atoms with Crippen LogP contribution in [0.25, 0.3) is 0 Å². The fourth-order valence-corrected chi connectivity index (χ4v) is 4.53. The number of nitrogens with zero attached hydrogens (tertiary/aromatic N) is 2. The second-order valence-electron chi connectivity index (χ2n) is 6.46. The van der Waals surface area contributed by atoms with Crippen molar-refractivity contribution in [3.63, 3.8) is 0 Å². The highest BCUT2D eigenvalue weighted by Crippen LogP contribution is 2.22. The Kier molecular flexibility index (Phi) is 5.15. The average molecular weight is 380 g/mol. The van der Waals surface area contributed by atoms with E-state index >= 15 is 0 Å². The maximum absolute atomic E-state index is 13.7. The van der Waals surface area contributed by atoms with E-state index in [1.165, 1.54) is 33.1 Å². The quantitative estimate of drug-likeness (QED) is 0.793. The first kappa shape index (κ1) is 18.6. The van der Waals surface area contributed by atoms with Gasteiger partial charge in [-0.2, -0.15) is 4.31 Å². The van der Waals surface area contributed by atoms with Crippen LogP contribution in [0.3, 0.4) is 0 Å². The predicted molar refractivity (Wildman–Crippen MR) is 96.0 cm³/mol. The van der Waals surface area contributed by atoms with Crippen molar-refractivity contribution in [1.29, 1.82) is 0 Å². The lowest BCUT2D eigenvalue weighted by Gasteiger charge is -2.18. The molecule has 0 radical (unpaired) electrons. The Bertz CT molecular complexity index is 971. The lowest BCUT2D eigenvalue weighted by molar-refractivity contribution is 0.214. The van der Waals surface area contributed by atoms with E-state index in [1.54, 1.807) is 26.1 Å². The number of hydrogen-bond acceptors (Lipinski definition) is 4. The summed E-state index contributed by atoms with van der Waals surface area (Å²) in [5.74, 6) is -0.472. The minimum Gasteiger partial charge on any atom is -0.489 e. The summed E-state index contributed by atoms with van der Waals surface area (Å²) in [6.45, 7) is 2.30. The van der Waals surface area contributed by atoms with Crippen molar-refractivity contribution in [3.05, 3.63) is 63.8 Å². The molecule has 1 atom stereocenters. The van der Waals surface area contributed by atoms with Crippen LogP contribution >= 0.6 is 0 Å². The third-order valence-electron chi connectivity index (χ3n) is 4.58. The molecule has 0 aliphatic carbocycles. The van der Waals surface area contributed by atoms with Gasteiger partial charge < -0.3 is 9.30 Å². The van der Waals surface area contributed by atoms with Crippen LogP contribution in [0.2, 0.25) is 0 Å². The fourth-order valence-electron chi connectivity index (χ4n) is 2.95. The molecule has 0 bridgehead atoms. The maximum atomic E-state index is 13.7. The highest BCUT2D eigenvalue weighted by Gasteiger charge is 2.33. The van der Waals surface area contributed by atoms with Crippen LogP contribution in [0.4, 0.5) is 4.39 Å². The van der Waals surface area contributed by atoms with Gasteiger partial charge >= 0.3 is 0 Å². The van der Waals surface area contributed by atoms with Crippen LogP contribution in [0.5, 0.6) is 5.75 Å². The molecule has 0 N–H and O–H groups in total. The third kappa shape index (κ3) is 3.96. The Morgan fingerprint density at radius 3 is 2.69 bits per heavy atom. The lowest BCUT2D eigenvalue weighted by atomic mass is 10.2. The van der Waals surface area contributed by atoms with Crippen molar-refractivity contribution < 1.29 is 17.5 Å². The Balaban J connectivity index is 1.68. The van der Waals surface area contributed by atoms with Gasteiger partial charge in [0.25, 0.3) is 5.56 Å². The molecule has 1 fully saturated rings. The van der Waals surface area contributed by atoms with Crippen LogP contribution in [-0.4, -0.2) is 36.5 Å². The SMILES string of the molecule is Cc1cc(OC2CCN(S(=O)(=O)Cc3ccccc3F)C2)cc(=O)n1C. The largest absolute Gasteiger partial charge is 0.489 e. The summed E-state index contributed by atoms with van der Waals surface area (Å²) in [4.78, 5) is 11.8. The molecular weight excluding hydrogens is 359 g/mol. The van der Waals surface area contributed by atoms with Crippen molar-refractivity contribution in [2.24, 2.45) is 7.05 Å². The molecule has 0 spiro atoms. The number of pyridine rings is 1. The molecule has 3 rings (SSSR count). The third-order valence-corrected chi connectivity index (χ3v) is 6.37. The topological polar surface area (TPSA) is 68.6 Å². The molecule has 0 saturated carbocycles. The van der Waals surface area contributed by atoms with E-state index in [9.17, 15) is 17.6 Å². The molecule has 140 valence electrons. The Morgan fingerprint density at radius 1 is 1.27 bits per heavy atom. The Morgan fingerprint density at radius 2 is 2.00 bits per heavy atom. The highest BCUT2D eigenvalue weighted by molar-refractivity contribution is 7.88.